The van der Waals surface area contributed by atoms with Crippen molar-refractivity contribution in [2.75, 3.05) is 19.6 Å². The Kier molecular flexibility index (Phi) is 5.99. The average molecular weight is 275 g/mol. The van der Waals surface area contributed by atoms with E-state index in [0.29, 0.717) is 12.1 Å². The van der Waals surface area contributed by atoms with E-state index in [-0.39, 0.29) is 0 Å². The molecule has 0 aliphatic carbocycles. The Morgan fingerprint density at radius 1 is 1.40 bits per heavy atom. The van der Waals surface area contributed by atoms with E-state index in [1.165, 1.54) is 25.1 Å². The first-order valence-corrected chi connectivity index (χ1v) is 8.06. The topological polar surface area (TPSA) is 28.2 Å². The molecule has 1 saturated heterocycles. The van der Waals surface area contributed by atoms with E-state index in [1.54, 1.807) is 0 Å². The van der Waals surface area contributed by atoms with E-state index in [4.69, 9.17) is 0 Å². The second-order valence-corrected chi connectivity index (χ2v) is 6.36. The molecule has 0 bridgehead atoms. The summed E-state index contributed by atoms with van der Waals surface area (Å²) in [6, 6.07) is 7.54. The van der Waals surface area contributed by atoms with Gasteiger partial charge in [-0.2, -0.15) is 0 Å². The highest BCUT2D eigenvalue weighted by atomic mass is 15.2. The molecule has 0 saturated carbocycles. The first-order valence-electron chi connectivity index (χ1n) is 8.06. The maximum Gasteiger partial charge on any atom is 0.0416 e. The summed E-state index contributed by atoms with van der Waals surface area (Å²) in [5, 5.41) is 3.72. The maximum atomic E-state index is 4.44. The predicted octanol–water partition coefficient (Wildman–Crippen LogP) is 2.72. The lowest BCUT2D eigenvalue weighted by Crippen LogP contribution is -2.56. The van der Waals surface area contributed by atoms with Crippen LogP contribution in [0.2, 0.25) is 0 Å². The third-order valence-electron chi connectivity index (χ3n) is 4.22. The standard InChI is InChI=1S/C17H29N3/c1-4-17-12-19-16(11-14(2)3)13-20(17)10-8-15-7-5-6-9-18-15/h5-7,9,14,16-17,19H,4,8,10-13H2,1-3H3. The summed E-state index contributed by atoms with van der Waals surface area (Å²) in [5.74, 6) is 0.767. The summed E-state index contributed by atoms with van der Waals surface area (Å²) in [6.07, 6.45) is 5.46. The van der Waals surface area contributed by atoms with Crippen LogP contribution in [0.3, 0.4) is 0 Å². The highest BCUT2D eigenvalue weighted by molar-refractivity contribution is 5.04. The second-order valence-electron chi connectivity index (χ2n) is 6.36. The van der Waals surface area contributed by atoms with E-state index >= 15 is 0 Å². The van der Waals surface area contributed by atoms with Gasteiger partial charge in [-0.1, -0.05) is 26.8 Å². The summed E-state index contributed by atoms with van der Waals surface area (Å²) in [6.45, 7) is 10.4. The van der Waals surface area contributed by atoms with Crippen LogP contribution in [0.5, 0.6) is 0 Å². The van der Waals surface area contributed by atoms with Crippen molar-refractivity contribution in [3.8, 4) is 0 Å². The van der Waals surface area contributed by atoms with Crippen molar-refractivity contribution >= 4 is 0 Å². The largest absolute Gasteiger partial charge is 0.311 e. The van der Waals surface area contributed by atoms with Crippen molar-refractivity contribution in [2.24, 2.45) is 5.92 Å². The van der Waals surface area contributed by atoms with E-state index < -0.39 is 0 Å². The molecule has 2 heterocycles. The molecule has 0 spiro atoms. The Labute approximate surface area is 123 Å². The molecule has 1 aromatic rings. The van der Waals surface area contributed by atoms with Crippen LogP contribution >= 0.6 is 0 Å². The third-order valence-corrected chi connectivity index (χ3v) is 4.22. The number of piperazine rings is 1. The smallest absolute Gasteiger partial charge is 0.0416 e. The van der Waals surface area contributed by atoms with Gasteiger partial charge in [0.1, 0.15) is 0 Å². The molecule has 20 heavy (non-hydrogen) atoms. The molecule has 3 nitrogen and oxygen atoms in total. The summed E-state index contributed by atoms with van der Waals surface area (Å²) in [7, 11) is 0. The van der Waals surface area contributed by atoms with Gasteiger partial charge < -0.3 is 5.32 Å². The summed E-state index contributed by atoms with van der Waals surface area (Å²) < 4.78 is 0. The molecule has 2 atom stereocenters. The molecule has 3 heteroatoms. The summed E-state index contributed by atoms with van der Waals surface area (Å²) >= 11 is 0. The molecule has 1 aliphatic heterocycles. The van der Waals surface area contributed by atoms with Crippen LogP contribution in [-0.4, -0.2) is 41.6 Å². The van der Waals surface area contributed by atoms with Gasteiger partial charge in [-0.25, -0.2) is 0 Å². The molecule has 0 amide bonds. The predicted molar refractivity (Wildman–Crippen MR) is 84.8 cm³/mol. The molecule has 0 radical (unpaired) electrons. The fourth-order valence-corrected chi connectivity index (χ4v) is 3.14. The van der Waals surface area contributed by atoms with Gasteiger partial charge >= 0.3 is 0 Å². The van der Waals surface area contributed by atoms with Gasteiger partial charge in [0.05, 0.1) is 0 Å². The minimum Gasteiger partial charge on any atom is -0.311 e. The highest BCUT2D eigenvalue weighted by Gasteiger charge is 2.26. The normalized spacial score (nSPS) is 24.2. The Bertz CT molecular complexity index is 377. The van der Waals surface area contributed by atoms with Crippen LogP contribution in [0, 0.1) is 5.92 Å². The van der Waals surface area contributed by atoms with E-state index in [2.05, 4.69) is 48.1 Å². The van der Waals surface area contributed by atoms with Crippen LogP contribution in [0.4, 0.5) is 0 Å². The van der Waals surface area contributed by atoms with Crippen LogP contribution < -0.4 is 5.32 Å². The SMILES string of the molecule is CCC1CNC(CC(C)C)CN1CCc1ccccn1. The lowest BCUT2D eigenvalue weighted by Gasteiger charge is -2.40. The van der Waals surface area contributed by atoms with Crippen LogP contribution in [-0.2, 0) is 6.42 Å². The fraction of sp³-hybridized carbons (Fsp3) is 0.706. The zero-order valence-corrected chi connectivity index (χ0v) is 13.2. The van der Waals surface area contributed by atoms with Crippen LogP contribution in [0.15, 0.2) is 24.4 Å². The van der Waals surface area contributed by atoms with Gasteiger partial charge in [-0.05, 0) is 30.9 Å². The first-order chi connectivity index (χ1) is 9.69. The number of pyridine rings is 1. The van der Waals surface area contributed by atoms with Gasteiger partial charge in [0.2, 0.25) is 0 Å². The van der Waals surface area contributed by atoms with Crippen molar-refractivity contribution in [1.29, 1.82) is 0 Å². The molecule has 2 rings (SSSR count). The molecular weight excluding hydrogens is 246 g/mol. The quantitative estimate of drug-likeness (QED) is 0.865. The molecular formula is C17H29N3. The zero-order valence-electron chi connectivity index (χ0n) is 13.2. The zero-order chi connectivity index (χ0) is 14.4. The number of hydrogen-bond donors (Lipinski definition) is 1. The van der Waals surface area contributed by atoms with E-state index in [9.17, 15) is 0 Å². The van der Waals surface area contributed by atoms with Crippen molar-refractivity contribution in [1.82, 2.24) is 15.2 Å². The van der Waals surface area contributed by atoms with Crippen LogP contribution in [0.1, 0.15) is 39.3 Å². The molecule has 1 aliphatic rings. The summed E-state index contributed by atoms with van der Waals surface area (Å²) in [4.78, 5) is 7.10. The Hall–Kier alpha value is -0.930. The minimum absolute atomic E-state index is 0.654. The molecule has 1 N–H and O–H groups in total. The van der Waals surface area contributed by atoms with Gasteiger partial charge in [0, 0.05) is 50.0 Å². The lowest BCUT2D eigenvalue weighted by atomic mass is 9.98. The Morgan fingerprint density at radius 2 is 2.25 bits per heavy atom. The Morgan fingerprint density at radius 3 is 2.90 bits per heavy atom. The lowest BCUT2D eigenvalue weighted by molar-refractivity contribution is 0.120. The van der Waals surface area contributed by atoms with Gasteiger partial charge in [-0.3, -0.25) is 9.88 Å². The van der Waals surface area contributed by atoms with Crippen molar-refractivity contribution in [3.63, 3.8) is 0 Å². The van der Waals surface area contributed by atoms with Gasteiger partial charge in [-0.15, -0.1) is 0 Å². The fourth-order valence-electron chi connectivity index (χ4n) is 3.14. The van der Waals surface area contributed by atoms with Crippen molar-refractivity contribution < 1.29 is 0 Å². The maximum absolute atomic E-state index is 4.44. The Balaban J connectivity index is 1.88. The average Bonchev–Trinajstić information content (AvgIpc) is 2.46. The van der Waals surface area contributed by atoms with Crippen LogP contribution in [0.25, 0.3) is 0 Å². The number of aromatic nitrogens is 1. The molecule has 0 aromatic carbocycles. The molecule has 1 aromatic heterocycles. The molecule has 1 fully saturated rings. The summed E-state index contributed by atoms with van der Waals surface area (Å²) in [5.41, 5.74) is 1.21. The van der Waals surface area contributed by atoms with Gasteiger partial charge in [0.15, 0.2) is 0 Å². The highest BCUT2D eigenvalue weighted by Crippen LogP contribution is 2.15. The molecule has 2 unspecified atom stereocenters. The number of nitrogens with zero attached hydrogens (tertiary/aromatic N) is 2. The number of rotatable bonds is 6. The molecule has 112 valence electrons. The van der Waals surface area contributed by atoms with Crippen molar-refractivity contribution in [3.05, 3.63) is 30.1 Å². The van der Waals surface area contributed by atoms with Gasteiger partial charge in [0.25, 0.3) is 0 Å². The van der Waals surface area contributed by atoms with E-state index in [0.717, 1.165) is 25.4 Å². The third kappa shape index (κ3) is 4.57. The van der Waals surface area contributed by atoms with E-state index in [1.807, 2.05) is 12.3 Å². The number of nitrogens with one attached hydrogen (secondary N) is 1. The second kappa shape index (κ2) is 7.75. The first kappa shape index (κ1) is 15.5. The minimum atomic E-state index is 0.654. The van der Waals surface area contributed by atoms with Crippen molar-refractivity contribution in [2.45, 2.75) is 52.1 Å². The number of hydrogen-bond acceptors (Lipinski definition) is 3. The monoisotopic (exact) mass is 275 g/mol.